The van der Waals surface area contributed by atoms with Gasteiger partial charge in [0.05, 0.1) is 5.69 Å². The second kappa shape index (κ2) is 9.55. The van der Waals surface area contributed by atoms with Crippen molar-refractivity contribution < 1.29 is 9.18 Å². The van der Waals surface area contributed by atoms with Crippen LogP contribution in [-0.2, 0) is 6.54 Å². The minimum atomic E-state index is -0.357. The first kappa shape index (κ1) is 23.1. The van der Waals surface area contributed by atoms with Gasteiger partial charge in [-0.15, -0.1) is 0 Å². The molecule has 0 radical (unpaired) electrons. The van der Waals surface area contributed by atoms with Crippen molar-refractivity contribution in [3.05, 3.63) is 81.5 Å². The first-order chi connectivity index (χ1) is 16.8. The number of carbonyl (C=O) groups is 1. The van der Waals surface area contributed by atoms with Crippen molar-refractivity contribution in [1.29, 1.82) is 0 Å². The number of aryl methyl sites for hydroxylation is 2. The summed E-state index contributed by atoms with van der Waals surface area (Å²) in [7, 11) is 0. The average molecular weight is 493 g/mol. The number of fused-ring (bicyclic) bond motifs is 1. The Bertz CT molecular complexity index is 1440. The molecule has 1 aliphatic rings. The standard InChI is InChI=1S/C25H25FN6O2S/c1-16-10-17(2)12-20(11-16)27-24(34)31-8-6-30(7-9-31)15-21-14-22(33)32-25(28-21)35-23(29-32)18-4-3-5-19(26)13-18/h3-5,10-14H,6-9,15H2,1-2H3,(H,27,34). The molecule has 0 aliphatic carbocycles. The maximum Gasteiger partial charge on any atom is 0.321 e. The van der Waals surface area contributed by atoms with Crippen molar-refractivity contribution in [2.24, 2.45) is 0 Å². The molecule has 180 valence electrons. The van der Waals surface area contributed by atoms with Crippen molar-refractivity contribution in [2.45, 2.75) is 20.4 Å². The van der Waals surface area contributed by atoms with Crippen LogP contribution in [0.4, 0.5) is 14.9 Å². The second-order valence-corrected chi connectivity index (χ2v) is 9.72. The van der Waals surface area contributed by atoms with Crippen molar-refractivity contribution in [3.8, 4) is 10.6 Å². The molecule has 2 amide bonds. The van der Waals surface area contributed by atoms with Crippen LogP contribution >= 0.6 is 11.3 Å². The van der Waals surface area contributed by atoms with E-state index in [0.717, 1.165) is 16.8 Å². The maximum absolute atomic E-state index is 13.6. The van der Waals surface area contributed by atoms with E-state index in [9.17, 15) is 14.0 Å². The first-order valence-electron chi connectivity index (χ1n) is 11.4. The Morgan fingerprint density at radius 2 is 1.80 bits per heavy atom. The number of anilines is 1. The van der Waals surface area contributed by atoms with Crippen molar-refractivity contribution in [1.82, 2.24) is 24.4 Å². The predicted octanol–water partition coefficient (Wildman–Crippen LogP) is 3.92. The van der Waals surface area contributed by atoms with Crippen LogP contribution in [0.1, 0.15) is 16.8 Å². The van der Waals surface area contributed by atoms with Gasteiger partial charge in [0, 0.05) is 50.0 Å². The SMILES string of the molecule is Cc1cc(C)cc(NC(=O)N2CCN(Cc3cc(=O)n4nc(-c5cccc(F)c5)sc4n3)CC2)c1. The number of aromatic nitrogens is 3. The fraction of sp³-hybridized carbons (Fsp3) is 0.280. The van der Waals surface area contributed by atoms with Gasteiger partial charge in [0.2, 0.25) is 4.96 Å². The van der Waals surface area contributed by atoms with Gasteiger partial charge in [-0.2, -0.15) is 9.61 Å². The lowest BCUT2D eigenvalue weighted by Gasteiger charge is -2.34. The molecule has 3 heterocycles. The van der Waals surface area contributed by atoms with Crippen LogP contribution in [0.5, 0.6) is 0 Å². The number of urea groups is 1. The highest BCUT2D eigenvalue weighted by Crippen LogP contribution is 2.25. The fourth-order valence-corrected chi connectivity index (χ4v) is 5.18. The molecule has 0 saturated carbocycles. The number of nitrogens with one attached hydrogen (secondary N) is 1. The smallest absolute Gasteiger partial charge is 0.321 e. The van der Waals surface area contributed by atoms with Gasteiger partial charge in [-0.25, -0.2) is 14.2 Å². The van der Waals surface area contributed by atoms with Crippen molar-refractivity contribution in [3.63, 3.8) is 0 Å². The summed E-state index contributed by atoms with van der Waals surface area (Å²) in [4.78, 5) is 34.4. The van der Waals surface area contributed by atoms with Crippen LogP contribution in [0.25, 0.3) is 15.5 Å². The quantitative estimate of drug-likeness (QED) is 0.467. The normalized spacial score (nSPS) is 14.4. The van der Waals surface area contributed by atoms with Gasteiger partial charge in [0.1, 0.15) is 10.8 Å². The topological polar surface area (TPSA) is 82.8 Å². The van der Waals surface area contributed by atoms with Crippen molar-refractivity contribution in [2.75, 3.05) is 31.5 Å². The van der Waals surface area contributed by atoms with Crippen LogP contribution in [0.15, 0.2) is 53.3 Å². The van der Waals surface area contributed by atoms with Gasteiger partial charge in [-0.3, -0.25) is 9.69 Å². The number of nitrogens with zero attached hydrogens (tertiary/aromatic N) is 5. The summed E-state index contributed by atoms with van der Waals surface area (Å²) in [5.74, 6) is -0.357. The van der Waals surface area contributed by atoms with Crippen molar-refractivity contribution >= 4 is 28.0 Å². The van der Waals surface area contributed by atoms with Gasteiger partial charge in [0.15, 0.2) is 0 Å². The first-order valence-corrected chi connectivity index (χ1v) is 12.2. The maximum atomic E-state index is 13.6. The molecule has 10 heteroatoms. The highest BCUT2D eigenvalue weighted by molar-refractivity contribution is 7.19. The number of piperazine rings is 1. The van der Waals surface area contributed by atoms with E-state index in [2.05, 4.69) is 26.4 Å². The van der Waals surface area contributed by atoms with Gasteiger partial charge in [0.25, 0.3) is 5.56 Å². The zero-order chi connectivity index (χ0) is 24.5. The van der Waals surface area contributed by atoms with Gasteiger partial charge in [-0.05, 0) is 49.2 Å². The number of amides is 2. The summed E-state index contributed by atoms with van der Waals surface area (Å²) in [6.07, 6.45) is 0. The lowest BCUT2D eigenvalue weighted by Crippen LogP contribution is -2.49. The van der Waals surface area contributed by atoms with Gasteiger partial charge < -0.3 is 10.2 Å². The third-order valence-electron chi connectivity index (χ3n) is 5.89. The Morgan fingerprint density at radius 3 is 2.51 bits per heavy atom. The number of rotatable bonds is 4. The monoisotopic (exact) mass is 492 g/mol. The van der Waals surface area contributed by atoms with Crippen LogP contribution < -0.4 is 10.9 Å². The van der Waals surface area contributed by atoms with Gasteiger partial charge in [-0.1, -0.05) is 29.5 Å². The predicted molar refractivity (Wildman–Crippen MR) is 134 cm³/mol. The second-order valence-electron chi connectivity index (χ2n) is 8.77. The Kier molecular flexibility index (Phi) is 6.31. The molecule has 5 rings (SSSR count). The molecular formula is C25H25FN6O2S. The largest absolute Gasteiger partial charge is 0.322 e. The summed E-state index contributed by atoms with van der Waals surface area (Å²) in [6, 6.07) is 13.5. The molecule has 4 aromatic rings. The zero-order valence-electron chi connectivity index (χ0n) is 19.5. The lowest BCUT2D eigenvalue weighted by atomic mass is 10.1. The number of carbonyl (C=O) groups excluding carboxylic acids is 1. The summed E-state index contributed by atoms with van der Waals surface area (Å²) in [5, 5.41) is 7.84. The van der Waals surface area contributed by atoms with E-state index in [1.165, 1.54) is 34.1 Å². The summed E-state index contributed by atoms with van der Waals surface area (Å²) in [6.45, 7) is 7.05. The molecule has 0 spiro atoms. The Hall–Kier alpha value is -3.63. The lowest BCUT2D eigenvalue weighted by molar-refractivity contribution is 0.142. The molecule has 1 fully saturated rings. The Balaban J connectivity index is 1.23. The van der Waals surface area contributed by atoms with E-state index in [1.807, 2.05) is 26.0 Å². The molecule has 0 bridgehead atoms. The summed E-state index contributed by atoms with van der Waals surface area (Å²) in [5.41, 5.74) is 4.00. The van der Waals surface area contributed by atoms with E-state index in [0.29, 0.717) is 53.9 Å². The van der Waals surface area contributed by atoms with Crippen LogP contribution in [0.2, 0.25) is 0 Å². The Morgan fingerprint density at radius 1 is 1.06 bits per heavy atom. The average Bonchev–Trinajstić information content (AvgIpc) is 3.24. The van der Waals surface area contributed by atoms with Crippen LogP contribution in [0.3, 0.4) is 0 Å². The molecular weight excluding hydrogens is 467 g/mol. The molecule has 2 aromatic carbocycles. The molecule has 1 aliphatic heterocycles. The summed E-state index contributed by atoms with van der Waals surface area (Å²) < 4.78 is 14.8. The van der Waals surface area contributed by atoms with E-state index in [1.54, 1.807) is 17.0 Å². The molecule has 0 unspecified atom stereocenters. The van der Waals surface area contributed by atoms with Gasteiger partial charge >= 0.3 is 6.03 Å². The van der Waals surface area contributed by atoms with E-state index >= 15 is 0 Å². The molecule has 1 saturated heterocycles. The Labute approximate surface area is 205 Å². The molecule has 1 N–H and O–H groups in total. The zero-order valence-corrected chi connectivity index (χ0v) is 20.3. The van der Waals surface area contributed by atoms with Crippen LogP contribution in [-0.4, -0.2) is 56.6 Å². The third-order valence-corrected chi connectivity index (χ3v) is 6.85. The highest BCUT2D eigenvalue weighted by atomic mass is 32.1. The fourth-order valence-electron chi connectivity index (χ4n) is 4.26. The minimum absolute atomic E-state index is 0.109. The number of halogens is 1. The van der Waals surface area contributed by atoms with Crippen LogP contribution in [0, 0.1) is 19.7 Å². The molecule has 35 heavy (non-hydrogen) atoms. The van der Waals surface area contributed by atoms with E-state index < -0.39 is 0 Å². The number of benzene rings is 2. The highest BCUT2D eigenvalue weighted by Gasteiger charge is 2.22. The van der Waals surface area contributed by atoms with E-state index in [-0.39, 0.29) is 17.4 Å². The number of hydrogen-bond donors (Lipinski definition) is 1. The number of hydrogen-bond acceptors (Lipinski definition) is 6. The molecule has 0 atom stereocenters. The van der Waals surface area contributed by atoms with E-state index in [4.69, 9.17) is 0 Å². The summed E-state index contributed by atoms with van der Waals surface area (Å²) >= 11 is 1.25. The molecule has 2 aromatic heterocycles. The third kappa shape index (κ3) is 5.23. The molecule has 8 nitrogen and oxygen atoms in total. The minimum Gasteiger partial charge on any atom is -0.322 e.